The lowest BCUT2D eigenvalue weighted by molar-refractivity contribution is -0.0506. The Balaban J connectivity index is 2.52. The van der Waals surface area contributed by atoms with Gasteiger partial charge in [-0.25, -0.2) is 0 Å². The van der Waals surface area contributed by atoms with Crippen molar-refractivity contribution in [3.05, 3.63) is 0 Å². The maximum Gasteiger partial charge on any atom is 0.0733 e. The van der Waals surface area contributed by atoms with Gasteiger partial charge in [-0.3, -0.25) is 0 Å². The number of rotatable bonds is 10. The van der Waals surface area contributed by atoms with E-state index in [1.54, 1.807) is 0 Å². The van der Waals surface area contributed by atoms with Crippen LogP contribution < -0.4 is 5.32 Å². The van der Waals surface area contributed by atoms with Crippen LogP contribution >= 0.6 is 0 Å². The largest absolute Gasteiger partial charge is 0.376 e. The van der Waals surface area contributed by atoms with E-state index in [0.717, 1.165) is 19.1 Å². The smallest absolute Gasteiger partial charge is 0.0733 e. The first-order valence-electron chi connectivity index (χ1n) is 9.40. The van der Waals surface area contributed by atoms with Gasteiger partial charge in [-0.1, -0.05) is 60.3 Å². The van der Waals surface area contributed by atoms with Crippen molar-refractivity contribution in [2.45, 2.75) is 98.1 Å². The van der Waals surface area contributed by atoms with E-state index >= 15 is 0 Å². The summed E-state index contributed by atoms with van der Waals surface area (Å²) in [5, 5.41) is 3.77. The molecule has 0 spiro atoms. The highest BCUT2D eigenvalue weighted by molar-refractivity contribution is 4.94. The Kier molecular flexibility index (Phi) is 8.89. The Bertz CT molecular complexity index is 264. The molecule has 0 amide bonds. The second-order valence-corrected chi connectivity index (χ2v) is 7.60. The average molecular weight is 298 g/mol. The lowest BCUT2D eigenvalue weighted by Crippen LogP contribution is -2.54. The number of ether oxygens (including phenoxy) is 1. The van der Waals surface area contributed by atoms with Gasteiger partial charge in [0.25, 0.3) is 0 Å². The first-order chi connectivity index (χ1) is 10.0. The summed E-state index contributed by atoms with van der Waals surface area (Å²) >= 11 is 0. The maximum atomic E-state index is 6.42. The molecule has 0 heterocycles. The molecule has 2 heteroatoms. The van der Waals surface area contributed by atoms with Gasteiger partial charge in [-0.2, -0.15) is 0 Å². The third kappa shape index (κ3) is 6.28. The molecule has 126 valence electrons. The molecule has 1 rings (SSSR count). The average Bonchev–Trinajstić information content (AvgIpc) is 2.46. The van der Waals surface area contributed by atoms with Crippen LogP contribution in [-0.2, 0) is 4.74 Å². The number of unbranched alkanes of at least 4 members (excludes halogenated alkanes) is 1. The van der Waals surface area contributed by atoms with Crippen molar-refractivity contribution < 1.29 is 4.74 Å². The minimum absolute atomic E-state index is 0.364. The van der Waals surface area contributed by atoms with Gasteiger partial charge in [0.15, 0.2) is 0 Å². The van der Waals surface area contributed by atoms with E-state index in [9.17, 15) is 0 Å². The summed E-state index contributed by atoms with van der Waals surface area (Å²) in [4.78, 5) is 0. The molecule has 3 unspecified atom stereocenters. The predicted molar refractivity (Wildman–Crippen MR) is 92.8 cm³/mol. The van der Waals surface area contributed by atoms with Gasteiger partial charge in [-0.05, 0) is 43.6 Å². The summed E-state index contributed by atoms with van der Waals surface area (Å²) in [7, 11) is 0. The van der Waals surface area contributed by atoms with Gasteiger partial charge >= 0.3 is 0 Å². The minimum Gasteiger partial charge on any atom is -0.376 e. The Morgan fingerprint density at radius 1 is 1.19 bits per heavy atom. The van der Waals surface area contributed by atoms with Crippen molar-refractivity contribution in [2.24, 2.45) is 11.3 Å². The molecule has 1 aliphatic rings. The molecule has 1 N–H and O–H groups in total. The monoisotopic (exact) mass is 297 g/mol. The molecule has 0 aliphatic heterocycles. The predicted octanol–water partition coefficient (Wildman–Crippen LogP) is 5.17. The Morgan fingerprint density at radius 3 is 2.57 bits per heavy atom. The van der Waals surface area contributed by atoms with Crippen LogP contribution in [0, 0.1) is 11.3 Å². The molecule has 1 aliphatic carbocycles. The Morgan fingerprint density at radius 2 is 1.95 bits per heavy atom. The van der Waals surface area contributed by atoms with Crippen LogP contribution in [-0.4, -0.2) is 25.3 Å². The van der Waals surface area contributed by atoms with Crippen LogP contribution in [0.15, 0.2) is 0 Å². The summed E-state index contributed by atoms with van der Waals surface area (Å²) in [6.07, 6.45) is 10.7. The molecule has 0 aromatic heterocycles. The van der Waals surface area contributed by atoms with Crippen LogP contribution in [0.3, 0.4) is 0 Å². The fourth-order valence-corrected chi connectivity index (χ4v) is 3.63. The number of hydrogen-bond acceptors (Lipinski definition) is 2. The molecule has 0 saturated heterocycles. The van der Waals surface area contributed by atoms with Gasteiger partial charge in [0.2, 0.25) is 0 Å². The first-order valence-corrected chi connectivity index (χ1v) is 9.40. The van der Waals surface area contributed by atoms with E-state index < -0.39 is 0 Å². The standard InChI is InChI=1S/C19H39NO/c1-6-9-11-16(8-3)15-21-17-12-10-13-19(4,5)18(17)20-14-7-2/h16-18,20H,6-15H2,1-5H3. The molecule has 1 saturated carbocycles. The molecule has 0 bridgehead atoms. The van der Waals surface area contributed by atoms with Crippen molar-refractivity contribution in [1.29, 1.82) is 0 Å². The second kappa shape index (κ2) is 9.84. The molecule has 0 radical (unpaired) electrons. The summed E-state index contributed by atoms with van der Waals surface area (Å²) in [5.74, 6) is 0.752. The van der Waals surface area contributed by atoms with Gasteiger partial charge in [0, 0.05) is 12.6 Å². The van der Waals surface area contributed by atoms with Crippen molar-refractivity contribution in [3.63, 3.8) is 0 Å². The van der Waals surface area contributed by atoms with Crippen molar-refractivity contribution in [1.82, 2.24) is 5.32 Å². The zero-order chi connectivity index (χ0) is 15.7. The summed E-state index contributed by atoms with van der Waals surface area (Å²) in [5.41, 5.74) is 0.364. The van der Waals surface area contributed by atoms with E-state index in [1.807, 2.05) is 0 Å². The van der Waals surface area contributed by atoms with Gasteiger partial charge < -0.3 is 10.1 Å². The SMILES string of the molecule is CCCCC(CC)COC1CCCC(C)(C)C1NCCC. The van der Waals surface area contributed by atoms with Crippen molar-refractivity contribution in [3.8, 4) is 0 Å². The van der Waals surface area contributed by atoms with Crippen LogP contribution in [0.25, 0.3) is 0 Å². The number of nitrogens with one attached hydrogen (secondary N) is 1. The van der Waals surface area contributed by atoms with Crippen LogP contribution in [0.2, 0.25) is 0 Å². The molecular formula is C19H39NO. The summed E-state index contributed by atoms with van der Waals surface area (Å²) in [6.45, 7) is 13.7. The Hall–Kier alpha value is -0.0800. The quantitative estimate of drug-likeness (QED) is 0.601. The van der Waals surface area contributed by atoms with Crippen LogP contribution in [0.4, 0.5) is 0 Å². The zero-order valence-electron chi connectivity index (χ0n) is 15.2. The highest BCUT2D eigenvalue weighted by Crippen LogP contribution is 2.37. The fraction of sp³-hybridized carbons (Fsp3) is 1.00. The topological polar surface area (TPSA) is 21.3 Å². The van der Waals surface area contributed by atoms with Crippen LogP contribution in [0.5, 0.6) is 0 Å². The molecule has 21 heavy (non-hydrogen) atoms. The molecular weight excluding hydrogens is 258 g/mol. The zero-order valence-corrected chi connectivity index (χ0v) is 15.2. The second-order valence-electron chi connectivity index (χ2n) is 7.60. The van der Waals surface area contributed by atoms with Crippen molar-refractivity contribution >= 4 is 0 Å². The third-order valence-corrected chi connectivity index (χ3v) is 5.23. The van der Waals surface area contributed by atoms with Crippen LogP contribution in [0.1, 0.15) is 86.0 Å². The normalized spacial score (nSPS) is 26.7. The molecule has 3 atom stereocenters. The highest BCUT2D eigenvalue weighted by Gasteiger charge is 2.39. The maximum absolute atomic E-state index is 6.42. The molecule has 0 aromatic rings. The minimum atomic E-state index is 0.364. The fourth-order valence-electron chi connectivity index (χ4n) is 3.63. The van der Waals surface area contributed by atoms with Gasteiger partial charge in [0.1, 0.15) is 0 Å². The summed E-state index contributed by atoms with van der Waals surface area (Å²) in [6, 6.07) is 0.523. The van der Waals surface area contributed by atoms with Gasteiger partial charge in [0.05, 0.1) is 6.10 Å². The third-order valence-electron chi connectivity index (χ3n) is 5.23. The van der Waals surface area contributed by atoms with E-state index in [4.69, 9.17) is 4.74 Å². The van der Waals surface area contributed by atoms with E-state index in [1.165, 1.54) is 51.4 Å². The lowest BCUT2D eigenvalue weighted by Gasteiger charge is -2.44. The van der Waals surface area contributed by atoms with E-state index in [0.29, 0.717) is 17.6 Å². The lowest BCUT2D eigenvalue weighted by atomic mass is 9.71. The molecule has 1 fully saturated rings. The highest BCUT2D eigenvalue weighted by atomic mass is 16.5. The molecule has 2 nitrogen and oxygen atoms in total. The van der Waals surface area contributed by atoms with Gasteiger partial charge in [-0.15, -0.1) is 0 Å². The number of hydrogen-bond donors (Lipinski definition) is 1. The van der Waals surface area contributed by atoms with Crippen molar-refractivity contribution in [2.75, 3.05) is 13.2 Å². The van der Waals surface area contributed by atoms with E-state index in [2.05, 4.69) is 39.9 Å². The Labute approximate surface area is 133 Å². The first kappa shape index (κ1) is 19.0. The molecule has 0 aromatic carbocycles. The van der Waals surface area contributed by atoms with E-state index in [-0.39, 0.29) is 0 Å². The summed E-state index contributed by atoms with van der Waals surface area (Å²) < 4.78 is 6.42.